The molecule has 1 saturated carbocycles. The van der Waals surface area contributed by atoms with Gasteiger partial charge in [0.05, 0.1) is 0 Å². The molecule has 0 N–H and O–H groups in total. The number of rotatable bonds is 5. The van der Waals surface area contributed by atoms with Gasteiger partial charge in [0.25, 0.3) is 0 Å². The molecule has 0 nitrogen and oxygen atoms in total. The summed E-state index contributed by atoms with van der Waals surface area (Å²) >= 11 is 0. The Morgan fingerprint density at radius 1 is 1.19 bits per heavy atom. The van der Waals surface area contributed by atoms with Crippen LogP contribution in [-0.4, -0.2) is 0 Å². The molecule has 0 amide bonds. The summed E-state index contributed by atoms with van der Waals surface area (Å²) in [7, 11) is 0. The van der Waals surface area contributed by atoms with Crippen molar-refractivity contribution >= 4 is 0 Å². The first-order chi connectivity index (χ1) is 7.68. The molecule has 1 fully saturated rings. The summed E-state index contributed by atoms with van der Waals surface area (Å²) in [4.78, 5) is 0. The lowest BCUT2D eigenvalue weighted by Crippen LogP contribution is -2.02. The van der Waals surface area contributed by atoms with Crippen LogP contribution in [0.1, 0.15) is 58.8 Å². The van der Waals surface area contributed by atoms with Crippen molar-refractivity contribution < 1.29 is 0 Å². The van der Waals surface area contributed by atoms with Crippen molar-refractivity contribution in [2.24, 2.45) is 5.92 Å². The molecule has 0 heterocycles. The monoisotopic (exact) mass is 218 g/mol. The fourth-order valence-electron chi connectivity index (χ4n) is 2.23. The quantitative estimate of drug-likeness (QED) is 0.426. The summed E-state index contributed by atoms with van der Waals surface area (Å²) in [5.74, 6) is 0.828. The van der Waals surface area contributed by atoms with Crippen LogP contribution in [0.25, 0.3) is 0 Å². The molecule has 0 unspecified atom stereocenters. The Bertz CT molecular complexity index is 258. The maximum Gasteiger partial charge on any atom is -0.0230 e. The minimum atomic E-state index is 0.828. The second-order valence-corrected chi connectivity index (χ2v) is 5.24. The normalized spacial score (nSPS) is 17.6. The van der Waals surface area contributed by atoms with E-state index in [-0.39, 0.29) is 0 Å². The Kier molecular flexibility index (Phi) is 6.22. The van der Waals surface area contributed by atoms with Crippen molar-refractivity contribution in [2.45, 2.75) is 58.8 Å². The van der Waals surface area contributed by atoms with Crippen LogP contribution >= 0.6 is 0 Å². The summed E-state index contributed by atoms with van der Waals surface area (Å²) in [6.07, 6.45) is 16.2. The van der Waals surface area contributed by atoms with Crippen LogP contribution in [0.5, 0.6) is 0 Å². The van der Waals surface area contributed by atoms with Crippen LogP contribution in [0.4, 0.5) is 0 Å². The third-order valence-corrected chi connectivity index (χ3v) is 3.27. The molecule has 0 radical (unpaired) electrons. The highest BCUT2D eigenvalue weighted by Gasteiger charge is 2.09. The Morgan fingerprint density at radius 2 is 1.88 bits per heavy atom. The van der Waals surface area contributed by atoms with E-state index in [1.54, 1.807) is 0 Å². The molecule has 0 aromatic heterocycles. The molecule has 0 spiro atoms. The van der Waals surface area contributed by atoms with Crippen LogP contribution < -0.4 is 0 Å². The molecule has 0 bridgehead atoms. The topological polar surface area (TPSA) is 0 Å². The molecular formula is C16H26. The minimum Gasteiger partial charge on any atom is -0.0958 e. The highest BCUT2D eigenvalue weighted by Crippen LogP contribution is 2.25. The van der Waals surface area contributed by atoms with Gasteiger partial charge in [0.15, 0.2) is 0 Å². The van der Waals surface area contributed by atoms with E-state index in [4.69, 9.17) is 0 Å². The van der Waals surface area contributed by atoms with Crippen molar-refractivity contribution in [1.82, 2.24) is 0 Å². The molecule has 1 aliphatic rings. The fourth-order valence-corrected chi connectivity index (χ4v) is 2.23. The van der Waals surface area contributed by atoms with Crippen molar-refractivity contribution in [3.63, 3.8) is 0 Å². The number of hydrogen-bond acceptors (Lipinski definition) is 0. The third kappa shape index (κ3) is 5.95. The van der Waals surface area contributed by atoms with E-state index in [1.807, 2.05) is 0 Å². The van der Waals surface area contributed by atoms with Crippen molar-refractivity contribution in [3.05, 3.63) is 36.0 Å². The first-order valence-corrected chi connectivity index (χ1v) is 6.68. The highest BCUT2D eigenvalue weighted by atomic mass is 14.1. The van der Waals surface area contributed by atoms with Gasteiger partial charge in [-0.1, -0.05) is 55.2 Å². The minimum absolute atomic E-state index is 0.828. The lowest BCUT2D eigenvalue weighted by molar-refractivity contribution is 0.419. The SMILES string of the molecule is C=C(/C=C/C1CCCCC1)CCC=C(C)C. The second kappa shape index (κ2) is 7.49. The summed E-state index contributed by atoms with van der Waals surface area (Å²) in [5, 5.41) is 0. The van der Waals surface area contributed by atoms with Crippen LogP contribution in [0.3, 0.4) is 0 Å². The third-order valence-electron chi connectivity index (χ3n) is 3.27. The van der Waals surface area contributed by atoms with Gasteiger partial charge in [-0.3, -0.25) is 0 Å². The predicted octanol–water partition coefficient (Wildman–Crippen LogP) is 5.43. The van der Waals surface area contributed by atoms with Gasteiger partial charge in [0.1, 0.15) is 0 Å². The molecule has 16 heavy (non-hydrogen) atoms. The van der Waals surface area contributed by atoms with Crippen LogP contribution in [0, 0.1) is 5.92 Å². The molecule has 1 aliphatic carbocycles. The van der Waals surface area contributed by atoms with Crippen molar-refractivity contribution in [2.75, 3.05) is 0 Å². The molecule has 0 aliphatic heterocycles. The van der Waals surface area contributed by atoms with Crippen molar-refractivity contribution in [3.8, 4) is 0 Å². The molecule has 1 rings (SSSR count). The number of hydrogen-bond donors (Lipinski definition) is 0. The van der Waals surface area contributed by atoms with E-state index in [9.17, 15) is 0 Å². The zero-order chi connectivity index (χ0) is 11.8. The average Bonchev–Trinajstić information content (AvgIpc) is 2.27. The summed E-state index contributed by atoms with van der Waals surface area (Å²) in [6, 6.07) is 0. The van der Waals surface area contributed by atoms with Gasteiger partial charge >= 0.3 is 0 Å². The van der Waals surface area contributed by atoms with Gasteiger partial charge < -0.3 is 0 Å². The Hall–Kier alpha value is -0.780. The lowest BCUT2D eigenvalue weighted by Gasteiger charge is -2.17. The van der Waals surface area contributed by atoms with Crippen LogP contribution in [-0.2, 0) is 0 Å². The summed E-state index contributed by atoms with van der Waals surface area (Å²) < 4.78 is 0. The average molecular weight is 218 g/mol. The first-order valence-electron chi connectivity index (χ1n) is 6.68. The van der Waals surface area contributed by atoms with Crippen molar-refractivity contribution in [1.29, 1.82) is 0 Å². The molecule has 0 atom stereocenters. The van der Waals surface area contributed by atoms with Gasteiger partial charge in [0, 0.05) is 0 Å². The summed E-state index contributed by atoms with van der Waals surface area (Å²) in [6.45, 7) is 8.43. The standard InChI is InChI=1S/C16H26/c1-14(2)8-7-9-15(3)12-13-16-10-5-4-6-11-16/h8,12-13,16H,3-7,9-11H2,1-2H3/b13-12+. The smallest absolute Gasteiger partial charge is 0.0230 e. The molecule has 0 heteroatoms. The molecule has 0 aromatic carbocycles. The van der Waals surface area contributed by atoms with Gasteiger partial charge in [-0.15, -0.1) is 0 Å². The zero-order valence-electron chi connectivity index (χ0n) is 11.0. The fraction of sp³-hybridized carbons (Fsp3) is 0.625. The molecule has 0 aromatic rings. The van der Waals surface area contributed by atoms with Gasteiger partial charge in [0.2, 0.25) is 0 Å². The van der Waals surface area contributed by atoms with Gasteiger partial charge in [-0.2, -0.15) is 0 Å². The van der Waals surface area contributed by atoms with E-state index >= 15 is 0 Å². The second-order valence-electron chi connectivity index (χ2n) is 5.24. The van der Waals surface area contributed by atoms with E-state index < -0.39 is 0 Å². The lowest BCUT2D eigenvalue weighted by atomic mass is 9.88. The van der Waals surface area contributed by atoms with Crippen LogP contribution in [0.2, 0.25) is 0 Å². The number of allylic oxidation sites excluding steroid dienone is 5. The summed E-state index contributed by atoms with van der Waals surface area (Å²) in [5.41, 5.74) is 2.69. The maximum atomic E-state index is 4.12. The van der Waals surface area contributed by atoms with Gasteiger partial charge in [-0.25, -0.2) is 0 Å². The largest absolute Gasteiger partial charge is 0.0958 e. The van der Waals surface area contributed by atoms with Crippen LogP contribution in [0.15, 0.2) is 36.0 Å². The Morgan fingerprint density at radius 3 is 2.50 bits per heavy atom. The maximum absolute atomic E-state index is 4.12. The highest BCUT2D eigenvalue weighted by molar-refractivity contribution is 5.16. The van der Waals surface area contributed by atoms with E-state index in [2.05, 4.69) is 38.7 Å². The van der Waals surface area contributed by atoms with E-state index in [0.29, 0.717) is 0 Å². The first kappa shape index (κ1) is 13.3. The Balaban J connectivity index is 2.22. The predicted molar refractivity (Wildman–Crippen MR) is 73.5 cm³/mol. The van der Waals surface area contributed by atoms with E-state index in [1.165, 1.54) is 43.3 Å². The molecule has 0 saturated heterocycles. The zero-order valence-corrected chi connectivity index (χ0v) is 11.0. The van der Waals surface area contributed by atoms with E-state index in [0.717, 1.165) is 18.8 Å². The van der Waals surface area contributed by atoms with Gasteiger partial charge in [-0.05, 0) is 45.4 Å². The molecular weight excluding hydrogens is 192 g/mol. The Labute approximate surface area is 101 Å². The molecule has 90 valence electrons.